The molecule has 198 valence electrons. The molecule has 1 aliphatic heterocycles. The largest absolute Gasteiger partial charge is 0.437 e. The number of aryl methyl sites for hydroxylation is 1. The Bertz CT molecular complexity index is 1920. The summed E-state index contributed by atoms with van der Waals surface area (Å²) in [6, 6.07) is 23.0. The van der Waals surface area contributed by atoms with Crippen molar-refractivity contribution >= 4 is 39.3 Å². The maximum atomic E-state index is 13.5. The molecule has 1 N–H and O–H groups in total. The molecule has 0 bridgehead atoms. The Kier molecular flexibility index (Phi) is 5.52. The summed E-state index contributed by atoms with van der Waals surface area (Å²) in [5, 5.41) is 9.68. The number of benzene rings is 3. The Balaban J connectivity index is 1.22. The van der Waals surface area contributed by atoms with Crippen LogP contribution in [0, 0.1) is 0 Å². The number of carbonyl (C=O) groups is 2. The van der Waals surface area contributed by atoms with E-state index in [0.29, 0.717) is 18.6 Å². The molecule has 7 rings (SSSR count). The number of carbonyl (C=O) groups excluding carboxylic acids is 2. The van der Waals surface area contributed by atoms with Crippen LogP contribution >= 0.6 is 0 Å². The molecule has 0 unspecified atom stereocenters. The molecular formula is C31H26N6O3. The first kappa shape index (κ1) is 23.9. The number of para-hydroxylation sites is 1. The first-order chi connectivity index (χ1) is 19.5. The SMILES string of the molecule is CN1C(=O)[C@@H](NC(=O)c2ncc(Cc3ccccc3)o2)Cc2cn(-c3nn(C)c4ccccc34)c3cccc1c23. The molecule has 9 nitrogen and oxygen atoms in total. The lowest BCUT2D eigenvalue weighted by Crippen LogP contribution is -2.48. The second-order valence-corrected chi connectivity index (χ2v) is 10.1. The van der Waals surface area contributed by atoms with Crippen LogP contribution in [-0.2, 0) is 24.7 Å². The number of nitrogens with one attached hydrogen (secondary N) is 1. The lowest BCUT2D eigenvalue weighted by molar-refractivity contribution is -0.120. The van der Waals surface area contributed by atoms with E-state index in [2.05, 4.69) is 20.9 Å². The van der Waals surface area contributed by atoms with Gasteiger partial charge in [-0.25, -0.2) is 4.98 Å². The summed E-state index contributed by atoms with van der Waals surface area (Å²) in [7, 11) is 3.67. The number of aromatic nitrogens is 4. The molecule has 0 spiro atoms. The number of likely N-dealkylation sites (N-methyl/N-ethyl adjacent to an activating group) is 1. The smallest absolute Gasteiger partial charge is 0.307 e. The van der Waals surface area contributed by atoms with Gasteiger partial charge in [0.25, 0.3) is 5.89 Å². The van der Waals surface area contributed by atoms with Gasteiger partial charge in [0.15, 0.2) is 5.82 Å². The summed E-state index contributed by atoms with van der Waals surface area (Å²) >= 11 is 0. The number of rotatable bonds is 5. The summed E-state index contributed by atoms with van der Waals surface area (Å²) in [5.74, 6) is 0.596. The maximum Gasteiger partial charge on any atom is 0.307 e. The Morgan fingerprint density at radius 3 is 2.62 bits per heavy atom. The Labute approximate surface area is 229 Å². The number of fused-ring (bicyclic) bond motifs is 1. The van der Waals surface area contributed by atoms with E-state index in [1.807, 2.05) is 84.7 Å². The summed E-state index contributed by atoms with van der Waals surface area (Å²) in [6.45, 7) is 0. The van der Waals surface area contributed by atoms with Crippen LogP contribution in [0.5, 0.6) is 0 Å². The number of nitrogens with zero attached hydrogens (tertiary/aromatic N) is 5. The van der Waals surface area contributed by atoms with Gasteiger partial charge in [0.2, 0.25) is 5.91 Å². The highest BCUT2D eigenvalue weighted by molar-refractivity contribution is 6.10. The van der Waals surface area contributed by atoms with E-state index in [1.54, 1.807) is 18.1 Å². The van der Waals surface area contributed by atoms with Gasteiger partial charge in [-0.2, -0.15) is 5.10 Å². The van der Waals surface area contributed by atoms with Crippen molar-refractivity contribution in [1.29, 1.82) is 0 Å². The van der Waals surface area contributed by atoms with Crippen LogP contribution in [0.1, 0.15) is 27.6 Å². The monoisotopic (exact) mass is 530 g/mol. The summed E-state index contributed by atoms with van der Waals surface area (Å²) in [5.41, 5.74) is 4.76. The molecule has 1 atom stereocenters. The van der Waals surface area contributed by atoms with Crippen LogP contribution in [-0.4, -0.2) is 44.2 Å². The van der Waals surface area contributed by atoms with Crippen LogP contribution in [0.25, 0.3) is 27.6 Å². The third kappa shape index (κ3) is 3.86. The predicted molar refractivity (Wildman–Crippen MR) is 152 cm³/mol. The van der Waals surface area contributed by atoms with Gasteiger partial charge in [-0.05, 0) is 35.4 Å². The first-order valence-corrected chi connectivity index (χ1v) is 13.1. The molecule has 4 heterocycles. The van der Waals surface area contributed by atoms with Crippen molar-refractivity contribution in [3.8, 4) is 5.82 Å². The van der Waals surface area contributed by atoms with E-state index in [4.69, 9.17) is 9.52 Å². The number of amides is 2. The van der Waals surface area contributed by atoms with Crippen molar-refractivity contribution in [1.82, 2.24) is 24.6 Å². The van der Waals surface area contributed by atoms with E-state index in [-0.39, 0.29) is 11.8 Å². The highest BCUT2D eigenvalue weighted by Gasteiger charge is 2.33. The van der Waals surface area contributed by atoms with Gasteiger partial charge in [-0.3, -0.25) is 18.8 Å². The van der Waals surface area contributed by atoms with Gasteiger partial charge in [0.05, 0.1) is 22.9 Å². The van der Waals surface area contributed by atoms with Gasteiger partial charge < -0.3 is 14.6 Å². The molecule has 9 heteroatoms. The van der Waals surface area contributed by atoms with Crippen molar-refractivity contribution in [2.75, 3.05) is 11.9 Å². The van der Waals surface area contributed by atoms with Crippen molar-refractivity contribution in [3.05, 3.63) is 108 Å². The average molecular weight is 531 g/mol. The lowest BCUT2D eigenvalue weighted by atomic mass is 10.1. The molecule has 1 aliphatic rings. The second kappa shape index (κ2) is 9.23. The van der Waals surface area contributed by atoms with Gasteiger partial charge >= 0.3 is 5.91 Å². The Morgan fingerprint density at radius 2 is 1.77 bits per heavy atom. The van der Waals surface area contributed by atoms with Crippen molar-refractivity contribution < 1.29 is 14.0 Å². The molecule has 0 saturated carbocycles. The summed E-state index contributed by atoms with van der Waals surface area (Å²) < 4.78 is 9.69. The minimum atomic E-state index is -0.797. The molecule has 0 radical (unpaired) electrons. The molecule has 40 heavy (non-hydrogen) atoms. The van der Waals surface area contributed by atoms with Gasteiger partial charge in [0, 0.05) is 43.9 Å². The lowest BCUT2D eigenvalue weighted by Gasteiger charge is -2.22. The third-order valence-corrected chi connectivity index (χ3v) is 7.54. The first-order valence-electron chi connectivity index (χ1n) is 13.1. The molecule has 0 saturated heterocycles. The van der Waals surface area contributed by atoms with Crippen LogP contribution in [0.15, 0.2) is 89.6 Å². The summed E-state index contributed by atoms with van der Waals surface area (Å²) in [6.07, 6.45) is 4.42. The Hall–Kier alpha value is -5.18. The standard InChI is InChI=1S/C31H26N6O3/c1-35-25-13-8-14-26-27(25)20(18-37(26)28-22-11-6-7-12-24(22)36(2)34-28)16-23(31(35)39)33-29(38)30-32-17-21(40-30)15-19-9-4-3-5-10-19/h3-14,17-18,23H,15-16H2,1-2H3,(H,33,38)/t23-/m0/s1. The predicted octanol–water partition coefficient (Wildman–Crippen LogP) is 4.41. The summed E-state index contributed by atoms with van der Waals surface area (Å²) in [4.78, 5) is 32.5. The fourth-order valence-corrected chi connectivity index (χ4v) is 5.61. The molecule has 0 fully saturated rings. The average Bonchev–Trinajstić information content (AvgIpc) is 3.67. The van der Waals surface area contributed by atoms with E-state index < -0.39 is 11.9 Å². The highest BCUT2D eigenvalue weighted by atomic mass is 16.4. The van der Waals surface area contributed by atoms with Crippen LogP contribution in [0.2, 0.25) is 0 Å². The van der Waals surface area contributed by atoms with Gasteiger partial charge in [-0.15, -0.1) is 0 Å². The quantitative estimate of drug-likeness (QED) is 0.356. The minimum Gasteiger partial charge on any atom is -0.437 e. The minimum absolute atomic E-state index is 0.0641. The number of oxazole rings is 1. The van der Waals surface area contributed by atoms with E-state index in [9.17, 15) is 9.59 Å². The van der Waals surface area contributed by atoms with E-state index >= 15 is 0 Å². The van der Waals surface area contributed by atoms with Crippen LogP contribution < -0.4 is 10.2 Å². The van der Waals surface area contributed by atoms with Crippen LogP contribution in [0.4, 0.5) is 5.69 Å². The zero-order chi connectivity index (χ0) is 27.4. The molecule has 3 aromatic carbocycles. The topological polar surface area (TPSA) is 98.2 Å². The third-order valence-electron chi connectivity index (χ3n) is 7.54. The van der Waals surface area contributed by atoms with E-state index in [0.717, 1.165) is 44.4 Å². The highest BCUT2D eigenvalue weighted by Crippen LogP contribution is 2.37. The fourth-order valence-electron chi connectivity index (χ4n) is 5.61. The normalized spacial score (nSPS) is 15.1. The van der Waals surface area contributed by atoms with Gasteiger partial charge in [-0.1, -0.05) is 48.5 Å². The van der Waals surface area contributed by atoms with Crippen molar-refractivity contribution in [2.45, 2.75) is 18.9 Å². The van der Waals surface area contributed by atoms with Crippen LogP contribution in [0.3, 0.4) is 0 Å². The van der Waals surface area contributed by atoms with E-state index in [1.165, 1.54) is 0 Å². The Morgan fingerprint density at radius 1 is 1.00 bits per heavy atom. The zero-order valence-electron chi connectivity index (χ0n) is 22.0. The van der Waals surface area contributed by atoms with Crippen molar-refractivity contribution in [2.24, 2.45) is 7.05 Å². The van der Waals surface area contributed by atoms with Crippen molar-refractivity contribution in [3.63, 3.8) is 0 Å². The zero-order valence-corrected chi connectivity index (χ0v) is 22.0. The number of hydrogen-bond acceptors (Lipinski definition) is 5. The van der Waals surface area contributed by atoms with Gasteiger partial charge in [0.1, 0.15) is 11.8 Å². The second-order valence-electron chi connectivity index (χ2n) is 10.1. The molecule has 2 amide bonds. The number of anilines is 1. The molecule has 3 aromatic heterocycles. The fraction of sp³-hybridized carbons (Fsp3) is 0.161. The number of hydrogen-bond donors (Lipinski definition) is 1. The molecule has 6 aromatic rings. The maximum absolute atomic E-state index is 13.5. The molecule has 0 aliphatic carbocycles. The molecular weight excluding hydrogens is 504 g/mol.